The lowest BCUT2D eigenvalue weighted by atomic mass is 10.2. The van der Waals surface area contributed by atoms with E-state index in [1.54, 1.807) is 6.61 Å². The van der Waals surface area contributed by atoms with Gasteiger partial charge in [0.2, 0.25) is 0 Å². The first-order valence-electron chi connectivity index (χ1n) is 5.89. The summed E-state index contributed by atoms with van der Waals surface area (Å²) in [5.41, 5.74) is 0. The lowest BCUT2D eigenvalue weighted by molar-refractivity contribution is -0.141. The molecule has 0 amide bonds. The van der Waals surface area contributed by atoms with Gasteiger partial charge in [0.05, 0.1) is 0 Å². The van der Waals surface area contributed by atoms with Gasteiger partial charge < -0.3 is 9.84 Å². The molecule has 0 aromatic rings. The molecule has 16 heavy (non-hydrogen) atoms. The highest BCUT2D eigenvalue weighted by Crippen LogP contribution is 2.05. The molecule has 0 aromatic heterocycles. The van der Waals surface area contributed by atoms with Crippen LogP contribution in [0.3, 0.4) is 0 Å². The van der Waals surface area contributed by atoms with E-state index in [0.29, 0.717) is 19.3 Å². The maximum Gasteiger partial charge on any atom is 0.303 e. The molecule has 94 valence electrons. The van der Waals surface area contributed by atoms with Gasteiger partial charge in [-0.25, -0.2) is 0 Å². The van der Waals surface area contributed by atoms with Gasteiger partial charge in [-0.3, -0.25) is 9.59 Å². The molecule has 0 heterocycles. The number of rotatable bonds is 10. The zero-order valence-corrected chi connectivity index (χ0v) is 9.91. The Hall–Kier alpha value is -1.06. The molecule has 0 saturated carbocycles. The second kappa shape index (κ2) is 10.5. The van der Waals surface area contributed by atoms with E-state index in [4.69, 9.17) is 9.84 Å². The van der Waals surface area contributed by atoms with Crippen LogP contribution in [-0.2, 0) is 14.3 Å². The summed E-state index contributed by atoms with van der Waals surface area (Å²) in [7, 11) is 0. The second-order valence-corrected chi connectivity index (χ2v) is 3.75. The van der Waals surface area contributed by atoms with Crippen molar-refractivity contribution in [2.75, 3.05) is 0 Å². The zero-order valence-electron chi connectivity index (χ0n) is 9.91. The fourth-order valence-electron chi connectivity index (χ4n) is 1.23. The van der Waals surface area contributed by atoms with Gasteiger partial charge in [-0.1, -0.05) is 26.2 Å². The Kier molecular flexibility index (Phi) is 9.76. The SMILES string of the molecule is CCCCC[CH-]OC(=O)CCCCC(=O)O. The van der Waals surface area contributed by atoms with Crippen molar-refractivity contribution in [3.8, 4) is 0 Å². The minimum atomic E-state index is -0.820. The van der Waals surface area contributed by atoms with Crippen molar-refractivity contribution in [1.29, 1.82) is 0 Å². The standard InChI is InChI=1S/C12H21O4/c1-2-3-4-7-10-16-12(15)9-6-5-8-11(13)14/h10H,2-9H2,1H3,(H,13,14)/q-1. The van der Waals surface area contributed by atoms with Crippen LogP contribution in [0.2, 0.25) is 0 Å². The van der Waals surface area contributed by atoms with Gasteiger partial charge >= 0.3 is 5.97 Å². The third kappa shape index (κ3) is 11.0. The minimum Gasteiger partial charge on any atom is -0.637 e. The molecule has 0 aliphatic rings. The van der Waals surface area contributed by atoms with Crippen LogP contribution in [0.15, 0.2) is 0 Å². The smallest absolute Gasteiger partial charge is 0.303 e. The fourth-order valence-corrected chi connectivity index (χ4v) is 1.23. The van der Waals surface area contributed by atoms with E-state index in [2.05, 4.69) is 6.92 Å². The number of esters is 1. The number of unbranched alkanes of at least 4 members (excludes halogenated alkanes) is 4. The van der Waals surface area contributed by atoms with Crippen molar-refractivity contribution in [3.05, 3.63) is 6.61 Å². The van der Waals surface area contributed by atoms with E-state index < -0.39 is 5.97 Å². The number of carbonyl (C=O) groups is 2. The average molecular weight is 229 g/mol. The Morgan fingerprint density at radius 3 is 2.44 bits per heavy atom. The summed E-state index contributed by atoms with van der Waals surface area (Å²) >= 11 is 0. The summed E-state index contributed by atoms with van der Waals surface area (Å²) in [6.07, 6.45) is 5.67. The van der Waals surface area contributed by atoms with Crippen LogP contribution in [0, 0.1) is 6.61 Å². The normalized spacial score (nSPS) is 10.1. The Labute approximate surface area is 97.0 Å². The number of carboxylic acids is 1. The molecule has 0 aliphatic heterocycles. The molecule has 0 spiro atoms. The molecule has 1 N–H and O–H groups in total. The molecule has 0 atom stereocenters. The lowest BCUT2D eigenvalue weighted by Crippen LogP contribution is -2.03. The topological polar surface area (TPSA) is 63.6 Å². The first kappa shape index (κ1) is 14.9. The summed E-state index contributed by atoms with van der Waals surface area (Å²) in [6, 6.07) is 0. The molecule has 4 heteroatoms. The van der Waals surface area contributed by atoms with Crippen molar-refractivity contribution >= 4 is 11.9 Å². The highest BCUT2D eigenvalue weighted by atomic mass is 16.5. The first-order valence-corrected chi connectivity index (χ1v) is 5.89. The number of aliphatic carboxylic acids is 1. The molecule has 0 aromatic carbocycles. The molecule has 0 bridgehead atoms. The second-order valence-electron chi connectivity index (χ2n) is 3.75. The molecule has 0 saturated heterocycles. The molecule has 0 fully saturated rings. The summed E-state index contributed by atoms with van der Waals surface area (Å²) < 4.78 is 4.88. The molecular weight excluding hydrogens is 208 g/mol. The van der Waals surface area contributed by atoms with Crippen molar-refractivity contribution in [3.63, 3.8) is 0 Å². The quantitative estimate of drug-likeness (QED) is 0.355. The molecular formula is C12H21O4-. The van der Waals surface area contributed by atoms with E-state index in [1.807, 2.05) is 0 Å². The first-order chi connectivity index (χ1) is 7.66. The van der Waals surface area contributed by atoms with Crippen molar-refractivity contribution in [1.82, 2.24) is 0 Å². The van der Waals surface area contributed by atoms with E-state index >= 15 is 0 Å². The van der Waals surface area contributed by atoms with Gasteiger partial charge in [0.25, 0.3) is 5.97 Å². The number of hydrogen-bond acceptors (Lipinski definition) is 3. The van der Waals surface area contributed by atoms with Crippen LogP contribution in [-0.4, -0.2) is 17.0 Å². The van der Waals surface area contributed by atoms with Crippen LogP contribution < -0.4 is 0 Å². The van der Waals surface area contributed by atoms with Gasteiger partial charge in [0, 0.05) is 12.8 Å². The highest BCUT2D eigenvalue weighted by molar-refractivity contribution is 5.70. The van der Waals surface area contributed by atoms with E-state index in [9.17, 15) is 9.59 Å². The van der Waals surface area contributed by atoms with Crippen LogP contribution in [0.4, 0.5) is 0 Å². The van der Waals surface area contributed by atoms with Crippen LogP contribution in [0.5, 0.6) is 0 Å². The summed E-state index contributed by atoms with van der Waals surface area (Å²) in [5, 5.41) is 8.38. The van der Waals surface area contributed by atoms with Crippen molar-refractivity contribution in [2.45, 2.75) is 58.3 Å². The summed E-state index contributed by atoms with van der Waals surface area (Å²) in [4.78, 5) is 21.3. The minimum absolute atomic E-state index is 0.119. The van der Waals surface area contributed by atoms with Crippen LogP contribution in [0.1, 0.15) is 58.3 Å². The third-order valence-electron chi connectivity index (χ3n) is 2.16. The number of ether oxygens (including phenoxy) is 1. The number of carboxylic acid groups (broad SMARTS) is 1. The maximum atomic E-state index is 11.1. The third-order valence-corrected chi connectivity index (χ3v) is 2.16. The van der Waals surface area contributed by atoms with E-state index in [1.165, 1.54) is 0 Å². The van der Waals surface area contributed by atoms with Crippen LogP contribution >= 0.6 is 0 Å². The Bertz CT molecular complexity index is 201. The van der Waals surface area contributed by atoms with E-state index in [-0.39, 0.29) is 12.4 Å². The largest absolute Gasteiger partial charge is 0.637 e. The highest BCUT2D eigenvalue weighted by Gasteiger charge is 2.00. The van der Waals surface area contributed by atoms with Gasteiger partial charge in [-0.2, -0.15) is 6.61 Å². The monoisotopic (exact) mass is 229 g/mol. The van der Waals surface area contributed by atoms with Gasteiger partial charge in [-0.05, 0) is 12.8 Å². The molecule has 0 rings (SSSR count). The van der Waals surface area contributed by atoms with Crippen molar-refractivity contribution < 1.29 is 19.4 Å². The Morgan fingerprint density at radius 2 is 1.81 bits per heavy atom. The summed E-state index contributed by atoms with van der Waals surface area (Å²) in [5.74, 6) is -1.08. The average Bonchev–Trinajstić information content (AvgIpc) is 2.24. The fraction of sp³-hybridized carbons (Fsp3) is 0.750. The Morgan fingerprint density at radius 1 is 1.12 bits per heavy atom. The van der Waals surface area contributed by atoms with Gasteiger partial charge in [-0.15, -0.1) is 6.42 Å². The molecule has 4 nitrogen and oxygen atoms in total. The molecule has 0 radical (unpaired) electrons. The molecule has 0 unspecified atom stereocenters. The maximum absolute atomic E-state index is 11.1. The van der Waals surface area contributed by atoms with Crippen molar-refractivity contribution in [2.24, 2.45) is 0 Å². The predicted molar refractivity (Wildman–Crippen MR) is 60.6 cm³/mol. The zero-order chi connectivity index (χ0) is 12.2. The van der Waals surface area contributed by atoms with E-state index in [0.717, 1.165) is 25.7 Å². The predicted octanol–water partition coefficient (Wildman–Crippen LogP) is 2.92. The Balaban J connectivity index is 3.21. The van der Waals surface area contributed by atoms with Crippen LogP contribution in [0.25, 0.3) is 0 Å². The number of carbonyl (C=O) groups excluding carboxylic acids is 1. The summed E-state index contributed by atoms with van der Waals surface area (Å²) in [6.45, 7) is 3.67. The molecule has 0 aliphatic carbocycles. The lowest BCUT2D eigenvalue weighted by Gasteiger charge is -2.14. The van der Waals surface area contributed by atoms with Gasteiger partial charge in [0.1, 0.15) is 0 Å². The van der Waals surface area contributed by atoms with Gasteiger partial charge in [0.15, 0.2) is 0 Å². The number of hydrogen-bond donors (Lipinski definition) is 1.